The zero-order chi connectivity index (χ0) is 8.69. The van der Waals surface area contributed by atoms with Crippen LogP contribution in [-0.2, 0) is 0 Å². The molecule has 0 fully saturated rings. The molecule has 0 radical (unpaired) electrons. The monoisotopic (exact) mass is 155 g/mol. The minimum atomic E-state index is 0.537. The van der Waals surface area contributed by atoms with E-state index in [0.717, 1.165) is 0 Å². The Labute approximate surface area is 71.1 Å². The average molecular weight is 155 g/mol. The van der Waals surface area contributed by atoms with Crippen LogP contribution < -0.4 is 0 Å². The van der Waals surface area contributed by atoms with E-state index in [-0.39, 0.29) is 0 Å². The highest BCUT2D eigenvalue weighted by atomic mass is 15.1. The smallest absolute Gasteiger partial charge is 0.0247 e. The van der Waals surface area contributed by atoms with Crippen LogP contribution in [0.25, 0.3) is 0 Å². The van der Waals surface area contributed by atoms with Gasteiger partial charge in [0, 0.05) is 6.04 Å². The van der Waals surface area contributed by atoms with Crippen molar-refractivity contribution in [3.8, 4) is 0 Å². The molecule has 0 aromatic rings. The standard InChI is InChI=1S/C10H21N/c1-5-8-11(9-6-2)10(4)7-3/h7,10H,3,5-6,8-9H2,1-2,4H3. The molecule has 0 saturated heterocycles. The average Bonchev–Trinajstić information content (AvgIpc) is 2.03. The maximum absolute atomic E-state index is 3.80. The Morgan fingerprint density at radius 3 is 2.00 bits per heavy atom. The van der Waals surface area contributed by atoms with Crippen LogP contribution in [-0.4, -0.2) is 24.0 Å². The number of hydrogen-bond acceptors (Lipinski definition) is 1. The van der Waals surface area contributed by atoms with Gasteiger partial charge in [0.05, 0.1) is 0 Å². The molecule has 0 N–H and O–H groups in total. The molecule has 0 rings (SSSR count). The van der Waals surface area contributed by atoms with E-state index < -0.39 is 0 Å². The van der Waals surface area contributed by atoms with Crippen LogP contribution in [0.3, 0.4) is 0 Å². The number of nitrogens with zero attached hydrogens (tertiary/aromatic N) is 1. The fourth-order valence-corrected chi connectivity index (χ4v) is 1.24. The van der Waals surface area contributed by atoms with Gasteiger partial charge >= 0.3 is 0 Å². The van der Waals surface area contributed by atoms with Crippen LogP contribution in [0.5, 0.6) is 0 Å². The summed E-state index contributed by atoms with van der Waals surface area (Å²) < 4.78 is 0. The van der Waals surface area contributed by atoms with E-state index in [1.54, 1.807) is 0 Å². The molecule has 1 nitrogen and oxygen atoms in total. The molecule has 66 valence electrons. The molecular weight excluding hydrogens is 134 g/mol. The molecule has 0 bridgehead atoms. The van der Waals surface area contributed by atoms with Crippen molar-refractivity contribution in [2.45, 2.75) is 39.7 Å². The van der Waals surface area contributed by atoms with E-state index in [4.69, 9.17) is 0 Å². The Morgan fingerprint density at radius 1 is 1.27 bits per heavy atom. The second kappa shape index (κ2) is 6.41. The SMILES string of the molecule is C=CC(C)N(CCC)CCC. The second-order valence-electron chi connectivity index (χ2n) is 3.01. The second-order valence-corrected chi connectivity index (χ2v) is 3.01. The van der Waals surface area contributed by atoms with Crippen LogP contribution in [0.2, 0.25) is 0 Å². The van der Waals surface area contributed by atoms with Gasteiger partial charge in [0.15, 0.2) is 0 Å². The van der Waals surface area contributed by atoms with Crippen molar-refractivity contribution in [2.75, 3.05) is 13.1 Å². The molecule has 0 heterocycles. The molecule has 1 unspecified atom stereocenters. The van der Waals surface area contributed by atoms with E-state index in [9.17, 15) is 0 Å². The van der Waals surface area contributed by atoms with Gasteiger partial charge in [-0.1, -0.05) is 19.9 Å². The van der Waals surface area contributed by atoms with Gasteiger partial charge in [0.1, 0.15) is 0 Å². The van der Waals surface area contributed by atoms with E-state index in [2.05, 4.69) is 32.3 Å². The first-order chi connectivity index (χ1) is 5.26. The van der Waals surface area contributed by atoms with Crippen LogP contribution in [0, 0.1) is 0 Å². The normalized spacial score (nSPS) is 13.5. The molecule has 0 saturated carbocycles. The van der Waals surface area contributed by atoms with Gasteiger partial charge in [0.25, 0.3) is 0 Å². The summed E-state index contributed by atoms with van der Waals surface area (Å²) in [6.07, 6.45) is 4.49. The van der Waals surface area contributed by atoms with Crippen LogP contribution in [0.15, 0.2) is 12.7 Å². The van der Waals surface area contributed by atoms with Gasteiger partial charge in [-0.05, 0) is 32.9 Å². The predicted molar refractivity (Wildman–Crippen MR) is 51.8 cm³/mol. The van der Waals surface area contributed by atoms with Gasteiger partial charge in [0.2, 0.25) is 0 Å². The molecule has 0 amide bonds. The Bertz CT molecular complexity index is 93.0. The molecule has 0 aromatic heterocycles. The lowest BCUT2D eigenvalue weighted by Crippen LogP contribution is -2.32. The Kier molecular flexibility index (Phi) is 6.24. The minimum absolute atomic E-state index is 0.537. The summed E-state index contributed by atoms with van der Waals surface area (Å²) in [6.45, 7) is 12.8. The summed E-state index contributed by atoms with van der Waals surface area (Å²) in [4.78, 5) is 2.47. The first kappa shape index (κ1) is 10.7. The molecule has 11 heavy (non-hydrogen) atoms. The van der Waals surface area contributed by atoms with E-state index in [0.29, 0.717) is 6.04 Å². The largest absolute Gasteiger partial charge is 0.297 e. The summed E-state index contributed by atoms with van der Waals surface area (Å²) in [5.41, 5.74) is 0. The summed E-state index contributed by atoms with van der Waals surface area (Å²) >= 11 is 0. The number of rotatable bonds is 6. The summed E-state index contributed by atoms with van der Waals surface area (Å²) in [5.74, 6) is 0. The van der Waals surface area contributed by atoms with Crippen LogP contribution >= 0.6 is 0 Å². The van der Waals surface area contributed by atoms with E-state index >= 15 is 0 Å². The van der Waals surface area contributed by atoms with Crippen molar-refractivity contribution in [3.63, 3.8) is 0 Å². The summed E-state index contributed by atoms with van der Waals surface area (Å²) in [7, 11) is 0. The topological polar surface area (TPSA) is 3.24 Å². The first-order valence-corrected chi connectivity index (χ1v) is 4.62. The zero-order valence-electron chi connectivity index (χ0n) is 8.14. The van der Waals surface area contributed by atoms with Crippen molar-refractivity contribution in [1.82, 2.24) is 4.90 Å². The van der Waals surface area contributed by atoms with Gasteiger partial charge < -0.3 is 0 Å². The van der Waals surface area contributed by atoms with Gasteiger partial charge in [-0.25, -0.2) is 0 Å². The van der Waals surface area contributed by atoms with E-state index in [1.165, 1.54) is 25.9 Å². The minimum Gasteiger partial charge on any atom is -0.297 e. The van der Waals surface area contributed by atoms with Crippen molar-refractivity contribution >= 4 is 0 Å². The molecule has 0 aliphatic rings. The van der Waals surface area contributed by atoms with Crippen molar-refractivity contribution in [1.29, 1.82) is 0 Å². The molecule has 1 heteroatoms. The maximum Gasteiger partial charge on any atom is 0.0247 e. The maximum atomic E-state index is 3.80. The van der Waals surface area contributed by atoms with E-state index in [1.807, 2.05) is 6.08 Å². The Balaban J connectivity index is 3.75. The lowest BCUT2D eigenvalue weighted by Gasteiger charge is -2.25. The quantitative estimate of drug-likeness (QED) is 0.533. The molecule has 0 aromatic carbocycles. The van der Waals surface area contributed by atoms with Crippen LogP contribution in [0.4, 0.5) is 0 Å². The third-order valence-electron chi connectivity index (χ3n) is 1.94. The molecular formula is C10H21N. The lowest BCUT2D eigenvalue weighted by atomic mass is 10.2. The predicted octanol–water partition coefficient (Wildman–Crippen LogP) is 2.68. The van der Waals surface area contributed by atoms with Crippen molar-refractivity contribution in [3.05, 3.63) is 12.7 Å². The molecule has 0 aliphatic heterocycles. The van der Waals surface area contributed by atoms with Gasteiger partial charge in [-0.2, -0.15) is 0 Å². The zero-order valence-corrected chi connectivity index (χ0v) is 8.14. The highest BCUT2D eigenvalue weighted by molar-refractivity contribution is 4.83. The Hall–Kier alpha value is -0.300. The molecule has 1 atom stereocenters. The van der Waals surface area contributed by atoms with Crippen LogP contribution in [0.1, 0.15) is 33.6 Å². The summed E-state index contributed by atoms with van der Waals surface area (Å²) in [5, 5.41) is 0. The number of hydrogen-bond donors (Lipinski definition) is 0. The molecule has 0 aliphatic carbocycles. The third-order valence-corrected chi connectivity index (χ3v) is 1.94. The van der Waals surface area contributed by atoms with Gasteiger partial charge in [-0.3, -0.25) is 4.90 Å². The highest BCUT2D eigenvalue weighted by Gasteiger charge is 2.06. The fourth-order valence-electron chi connectivity index (χ4n) is 1.24. The third kappa shape index (κ3) is 4.20. The lowest BCUT2D eigenvalue weighted by molar-refractivity contribution is 0.242. The molecule has 0 spiro atoms. The fraction of sp³-hybridized carbons (Fsp3) is 0.800. The highest BCUT2D eigenvalue weighted by Crippen LogP contribution is 2.01. The van der Waals surface area contributed by atoms with Crippen molar-refractivity contribution < 1.29 is 0 Å². The van der Waals surface area contributed by atoms with Gasteiger partial charge in [-0.15, -0.1) is 6.58 Å². The Morgan fingerprint density at radius 2 is 1.73 bits per heavy atom. The first-order valence-electron chi connectivity index (χ1n) is 4.62. The van der Waals surface area contributed by atoms with Crippen molar-refractivity contribution in [2.24, 2.45) is 0 Å². The summed E-state index contributed by atoms with van der Waals surface area (Å²) in [6, 6.07) is 0.537.